The van der Waals surface area contributed by atoms with Gasteiger partial charge in [0.25, 0.3) is 0 Å². The number of aromatic nitrogens is 2. The van der Waals surface area contributed by atoms with Crippen LogP contribution in [0.2, 0.25) is 0 Å². The smallest absolute Gasteiger partial charge is 0.345 e. The molecule has 3 aromatic heterocycles. The van der Waals surface area contributed by atoms with E-state index in [9.17, 15) is 4.79 Å². The number of pyridine rings is 1. The topological polar surface area (TPSA) is 80.4 Å². The van der Waals surface area contributed by atoms with Gasteiger partial charge < -0.3 is 4.42 Å². The van der Waals surface area contributed by atoms with Gasteiger partial charge in [-0.3, -0.25) is 10.4 Å². The highest BCUT2D eigenvalue weighted by molar-refractivity contribution is 7.14. The van der Waals surface area contributed by atoms with Crippen LogP contribution in [0.3, 0.4) is 0 Å². The molecule has 0 fully saturated rings. The predicted octanol–water partition coefficient (Wildman–Crippen LogP) is 4.07. The minimum Gasteiger partial charge on any atom is -0.422 e. The maximum absolute atomic E-state index is 12.3. The first kappa shape index (κ1) is 16.2. The molecule has 6 nitrogen and oxygen atoms in total. The number of thiazole rings is 1. The molecular weight excluding hydrogens is 348 g/mol. The first-order chi connectivity index (χ1) is 12.7. The second-order valence-electron chi connectivity index (χ2n) is 5.65. The van der Waals surface area contributed by atoms with Gasteiger partial charge >= 0.3 is 5.63 Å². The van der Waals surface area contributed by atoms with E-state index in [4.69, 9.17) is 4.42 Å². The van der Waals surface area contributed by atoms with Crippen molar-refractivity contribution >= 4 is 33.7 Å². The van der Waals surface area contributed by atoms with Crippen molar-refractivity contribution in [2.75, 3.05) is 5.43 Å². The average Bonchev–Trinajstić information content (AvgIpc) is 3.11. The van der Waals surface area contributed by atoms with Crippen LogP contribution in [-0.2, 0) is 0 Å². The first-order valence-corrected chi connectivity index (χ1v) is 8.77. The maximum Gasteiger partial charge on any atom is 0.345 e. The number of rotatable bonds is 4. The number of hydrazone groups is 1. The molecule has 26 heavy (non-hydrogen) atoms. The third-order valence-electron chi connectivity index (χ3n) is 3.71. The Labute approximate surface area is 152 Å². The fourth-order valence-electron chi connectivity index (χ4n) is 2.48. The van der Waals surface area contributed by atoms with Crippen molar-refractivity contribution in [3.05, 3.63) is 75.7 Å². The molecule has 0 spiro atoms. The van der Waals surface area contributed by atoms with Crippen molar-refractivity contribution in [3.8, 4) is 11.3 Å². The summed E-state index contributed by atoms with van der Waals surface area (Å²) in [5.41, 5.74) is 5.84. The third-order valence-corrected chi connectivity index (χ3v) is 4.46. The van der Waals surface area contributed by atoms with Gasteiger partial charge in [0, 0.05) is 17.0 Å². The van der Waals surface area contributed by atoms with E-state index in [2.05, 4.69) is 20.5 Å². The quantitative estimate of drug-likeness (QED) is 0.336. The predicted molar refractivity (Wildman–Crippen MR) is 104 cm³/mol. The van der Waals surface area contributed by atoms with Crippen LogP contribution < -0.4 is 11.1 Å². The second-order valence-corrected chi connectivity index (χ2v) is 6.51. The van der Waals surface area contributed by atoms with E-state index in [0.717, 1.165) is 16.6 Å². The van der Waals surface area contributed by atoms with Crippen LogP contribution in [-0.4, -0.2) is 16.2 Å². The summed E-state index contributed by atoms with van der Waals surface area (Å²) in [6, 6.07) is 13.1. The van der Waals surface area contributed by atoms with Crippen molar-refractivity contribution in [1.82, 2.24) is 9.97 Å². The monoisotopic (exact) mass is 362 g/mol. The minimum atomic E-state index is -0.407. The number of hydrogen-bond acceptors (Lipinski definition) is 7. The van der Waals surface area contributed by atoms with E-state index in [-0.39, 0.29) is 0 Å². The Morgan fingerprint density at radius 2 is 2.15 bits per heavy atom. The summed E-state index contributed by atoms with van der Waals surface area (Å²) in [5.74, 6) is 0. The van der Waals surface area contributed by atoms with E-state index in [1.54, 1.807) is 23.9 Å². The van der Waals surface area contributed by atoms with Gasteiger partial charge in [0.2, 0.25) is 5.13 Å². The molecule has 0 saturated carbocycles. The molecule has 3 heterocycles. The molecule has 0 radical (unpaired) electrons. The molecule has 0 aliphatic rings. The van der Waals surface area contributed by atoms with Crippen molar-refractivity contribution in [2.45, 2.75) is 6.92 Å². The lowest BCUT2D eigenvalue weighted by atomic mass is 10.1. The van der Waals surface area contributed by atoms with Crippen LogP contribution in [0.5, 0.6) is 0 Å². The van der Waals surface area contributed by atoms with E-state index < -0.39 is 5.63 Å². The van der Waals surface area contributed by atoms with Crippen LogP contribution in [0.4, 0.5) is 5.13 Å². The number of anilines is 1. The Bertz CT molecular complexity index is 1150. The molecule has 0 aliphatic heterocycles. The highest BCUT2D eigenvalue weighted by atomic mass is 32.1. The van der Waals surface area contributed by atoms with Gasteiger partial charge in [0.15, 0.2) is 0 Å². The molecule has 0 atom stereocenters. The lowest BCUT2D eigenvalue weighted by Gasteiger charge is -2.01. The Hall–Kier alpha value is -3.32. The van der Waals surface area contributed by atoms with Crippen LogP contribution in [0.15, 0.2) is 68.4 Å². The largest absolute Gasteiger partial charge is 0.422 e. The molecule has 4 aromatic rings. The zero-order chi connectivity index (χ0) is 17.9. The molecular formula is C19H14N4O2S. The molecule has 7 heteroatoms. The number of aryl methyl sites for hydroxylation is 1. The summed E-state index contributed by atoms with van der Waals surface area (Å²) in [6.07, 6.45) is 3.30. The third kappa shape index (κ3) is 3.38. The Balaban J connectivity index is 1.59. The molecule has 4 rings (SSSR count). The highest BCUT2D eigenvalue weighted by Crippen LogP contribution is 2.25. The van der Waals surface area contributed by atoms with Gasteiger partial charge in [0.05, 0.1) is 23.2 Å². The standard InChI is InChI=1S/C19H14N4O2S/c1-12-5-6-17-13(8-12)9-15(18(24)25-17)16-11-26-19(22-16)23-21-10-14-4-2-3-7-20-14/h2-11H,1H3,(H,22,23). The van der Waals surface area contributed by atoms with Gasteiger partial charge in [0.1, 0.15) is 5.58 Å². The SMILES string of the molecule is Cc1ccc2oc(=O)c(-c3csc(NN=Cc4ccccn4)n3)cc2c1. The Morgan fingerprint density at radius 1 is 1.23 bits per heavy atom. The Morgan fingerprint density at radius 3 is 3.00 bits per heavy atom. The summed E-state index contributed by atoms with van der Waals surface area (Å²) in [4.78, 5) is 20.8. The van der Waals surface area contributed by atoms with Crippen molar-refractivity contribution in [1.29, 1.82) is 0 Å². The van der Waals surface area contributed by atoms with Gasteiger partial charge in [-0.05, 0) is 37.3 Å². The zero-order valence-corrected chi connectivity index (χ0v) is 14.7. The van der Waals surface area contributed by atoms with Crippen LogP contribution in [0, 0.1) is 6.92 Å². The van der Waals surface area contributed by atoms with Crippen LogP contribution in [0.1, 0.15) is 11.3 Å². The second kappa shape index (κ2) is 6.89. The minimum absolute atomic E-state index is 0.407. The van der Waals surface area contributed by atoms with E-state index in [1.165, 1.54) is 11.3 Å². The maximum atomic E-state index is 12.3. The molecule has 0 saturated heterocycles. The zero-order valence-electron chi connectivity index (χ0n) is 13.8. The van der Waals surface area contributed by atoms with E-state index in [1.807, 2.05) is 43.3 Å². The molecule has 0 aliphatic carbocycles. The van der Waals surface area contributed by atoms with Gasteiger partial charge in [-0.2, -0.15) is 5.10 Å². The fraction of sp³-hybridized carbons (Fsp3) is 0.0526. The van der Waals surface area contributed by atoms with E-state index in [0.29, 0.717) is 22.0 Å². The summed E-state index contributed by atoms with van der Waals surface area (Å²) in [5, 5.41) is 7.36. The Kier molecular flexibility index (Phi) is 4.28. The number of nitrogens with zero attached hydrogens (tertiary/aromatic N) is 3. The van der Waals surface area contributed by atoms with Crippen LogP contribution in [0.25, 0.3) is 22.2 Å². The summed E-state index contributed by atoms with van der Waals surface area (Å²) in [7, 11) is 0. The van der Waals surface area contributed by atoms with Crippen molar-refractivity contribution < 1.29 is 4.42 Å². The lowest BCUT2D eigenvalue weighted by molar-refractivity contribution is 0.563. The first-order valence-electron chi connectivity index (χ1n) is 7.89. The number of hydrogen-bond donors (Lipinski definition) is 1. The molecule has 128 valence electrons. The van der Waals surface area contributed by atoms with Crippen LogP contribution >= 0.6 is 11.3 Å². The molecule has 0 unspecified atom stereocenters. The van der Waals surface area contributed by atoms with Crippen molar-refractivity contribution in [2.24, 2.45) is 5.10 Å². The van der Waals surface area contributed by atoms with Crippen molar-refractivity contribution in [3.63, 3.8) is 0 Å². The molecule has 1 N–H and O–H groups in total. The van der Waals surface area contributed by atoms with Gasteiger partial charge in [-0.1, -0.05) is 17.7 Å². The number of benzene rings is 1. The normalized spacial score (nSPS) is 11.3. The van der Waals surface area contributed by atoms with E-state index >= 15 is 0 Å². The average molecular weight is 362 g/mol. The fourth-order valence-corrected chi connectivity index (χ4v) is 3.14. The molecule has 1 aromatic carbocycles. The lowest BCUT2D eigenvalue weighted by Crippen LogP contribution is -2.03. The summed E-state index contributed by atoms with van der Waals surface area (Å²) >= 11 is 1.36. The summed E-state index contributed by atoms with van der Waals surface area (Å²) < 4.78 is 5.40. The van der Waals surface area contributed by atoms with Gasteiger partial charge in [-0.15, -0.1) is 11.3 Å². The number of nitrogens with one attached hydrogen (secondary N) is 1. The highest BCUT2D eigenvalue weighted by Gasteiger charge is 2.11. The molecule has 0 bridgehead atoms. The van der Waals surface area contributed by atoms with Gasteiger partial charge in [-0.25, -0.2) is 9.78 Å². The summed E-state index contributed by atoms with van der Waals surface area (Å²) in [6.45, 7) is 1.99. The number of fused-ring (bicyclic) bond motifs is 1. The molecule has 0 amide bonds.